The van der Waals surface area contributed by atoms with Gasteiger partial charge in [-0.3, -0.25) is 4.79 Å². The summed E-state index contributed by atoms with van der Waals surface area (Å²) in [6.07, 6.45) is 2.51. The van der Waals surface area contributed by atoms with E-state index in [1.165, 1.54) is 12.0 Å². The summed E-state index contributed by atoms with van der Waals surface area (Å²) in [6.45, 7) is 6.53. The number of thioether (sulfide) groups is 1. The van der Waals surface area contributed by atoms with Crippen LogP contribution in [0.4, 0.5) is 5.69 Å². The zero-order valence-electron chi connectivity index (χ0n) is 20.1. The maximum absolute atomic E-state index is 12.1. The Morgan fingerprint density at radius 3 is 2.47 bits per heavy atom. The lowest BCUT2D eigenvalue weighted by molar-refractivity contribution is -0.154. The lowest BCUT2D eigenvalue weighted by atomic mass is 9.80. The van der Waals surface area contributed by atoms with Crippen LogP contribution in [0.3, 0.4) is 0 Å². The first-order chi connectivity index (χ1) is 16.1. The van der Waals surface area contributed by atoms with Gasteiger partial charge in [0.15, 0.2) is 0 Å². The van der Waals surface area contributed by atoms with E-state index < -0.39 is 15.4 Å². The number of nitrogens with one attached hydrogen (secondary N) is 1. The van der Waals surface area contributed by atoms with Gasteiger partial charge in [-0.15, -0.1) is 11.8 Å². The molecular weight excluding hydrogens is 470 g/mol. The van der Waals surface area contributed by atoms with Gasteiger partial charge in [0.2, 0.25) is 10.0 Å². The fraction of sp³-hybridized carbons (Fsp3) is 0.480. The van der Waals surface area contributed by atoms with Crippen LogP contribution in [0.1, 0.15) is 31.7 Å². The largest absolute Gasteiger partial charge is 0.469 e. The molecule has 1 saturated heterocycles. The average Bonchev–Trinajstić information content (AvgIpc) is 2.82. The van der Waals surface area contributed by atoms with Crippen molar-refractivity contribution in [3.05, 3.63) is 54.1 Å². The second kappa shape index (κ2) is 11.6. The second-order valence-corrected chi connectivity index (χ2v) is 11.8. The predicted molar refractivity (Wildman–Crippen MR) is 138 cm³/mol. The number of nitrogens with two attached hydrogens (primary N) is 1. The molecule has 0 bridgehead atoms. The topological polar surface area (TPSA) is 102 Å². The van der Waals surface area contributed by atoms with Crippen molar-refractivity contribution in [1.29, 1.82) is 0 Å². The van der Waals surface area contributed by atoms with E-state index in [1.54, 1.807) is 30.0 Å². The van der Waals surface area contributed by atoms with Crippen LogP contribution in [0.2, 0.25) is 0 Å². The number of piperidine rings is 1. The quantitative estimate of drug-likeness (QED) is 0.373. The summed E-state index contributed by atoms with van der Waals surface area (Å²) in [4.78, 5) is 15.8. The first-order valence-electron chi connectivity index (χ1n) is 11.5. The number of esters is 1. The first-order valence-corrected chi connectivity index (χ1v) is 14.0. The highest BCUT2D eigenvalue weighted by atomic mass is 32.2. The molecule has 186 valence electrons. The standard InChI is InChI=1S/C25H35N3O4S2/c1-19-17-22(34(26,30)31)9-10-23(19)27-20(18-33-21-7-5-4-6-8-21)11-14-28-15-12-25(2,13-16-28)24(29)32-3/h4-10,17,20,27H,11-16,18H2,1-3H3,(H2,26,30,31)/t20-/m1/s1. The Hall–Kier alpha value is -2.07. The molecule has 9 heteroatoms. The van der Waals surface area contributed by atoms with Gasteiger partial charge in [-0.1, -0.05) is 18.2 Å². The van der Waals surface area contributed by atoms with Crippen LogP contribution < -0.4 is 10.5 Å². The molecule has 3 N–H and O–H groups in total. The smallest absolute Gasteiger partial charge is 0.311 e. The number of rotatable bonds is 10. The van der Waals surface area contributed by atoms with Gasteiger partial charge in [0.25, 0.3) is 0 Å². The van der Waals surface area contributed by atoms with Crippen LogP contribution in [0.5, 0.6) is 0 Å². The van der Waals surface area contributed by atoms with Crippen molar-refractivity contribution in [2.75, 3.05) is 37.8 Å². The van der Waals surface area contributed by atoms with E-state index in [2.05, 4.69) is 22.3 Å². The lowest BCUT2D eigenvalue weighted by Gasteiger charge is -2.37. The number of hydrogen-bond acceptors (Lipinski definition) is 7. The molecule has 2 aromatic rings. The van der Waals surface area contributed by atoms with Crippen LogP contribution in [-0.4, -0.2) is 57.8 Å². The SMILES string of the molecule is COC(=O)C1(C)CCN(CC[C@H](CSc2ccccc2)Nc2ccc(S(N)(=O)=O)cc2C)CC1. The Morgan fingerprint density at radius 1 is 1.21 bits per heavy atom. The van der Waals surface area contributed by atoms with Gasteiger partial charge >= 0.3 is 5.97 Å². The molecule has 0 radical (unpaired) electrons. The Kier molecular flexibility index (Phi) is 9.03. The lowest BCUT2D eigenvalue weighted by Crippen LogP contribution is -2.44. The Balaban J connectivity index is 1.65. The van der Waals surface area contributed by atoms with E-state index in [1.807, 2.05) is 32.0 Å². The summed E-state index contributed by atoms with van der Waals surface area (Å²) in [7, 11) is -2.27. The number of carbonyl (C=O) groups is 1. The van der Waals surface area contributed by atoms with Gasteiger partial charge < -0.3 is 15.0 Å². The number of benzene rings is 2. The van der Waals surface area contributed by atoms with Gasteiger partial charge in [-0.25, -0.2) is 13.6 Å². The monoisotopic (exact) mass is 505 g/mol. The summed E-state index contributed by atoms with van der Waals surface area (Å²) in [5.74, 6) is 0.748. The average molecular weight is 506 g/mol. The molecule has 34 heavy (non-hydrogen) atoms. The van der Waals surface area contributed by atoms with Gasteiger partial charge in [-0.2, -0.15) is 0 Å². The third kappa shape index (κ3) is 7.21. The van der Waals surface area contributed by atoms with Crippen molar-refractivity contribution < 1.29 is 17.9 Å². The minimum Gasteiger partial charge on any atom is -0.469 e. The van der Waals surface area contributed by atoms with Crippen molar-refractivity contribution in [2.45, 2.75) is 48.9 Å². The highest BCUT2D eigenvalue weighted by molar-refractivity contribution is 7.99. The number of nitrogens with zero attached hydrogens (tertiary/aromatic N) is 1. The molecule has 2 aromatic carbocycles. The molecule has 1 atom stereocenters. The molecule has 1 aliphatic rings. The minimum atomic E-state index is -3.73. The third-order valence-electron chi connectivity index (χ3n) is 6.51. The molecule has 1 aliphatic heterocycles. The molecule has 0 spiro atoms. The molecule has 0 unspecified atom stereocenters. The molecule has 0 aromatic heterocycles. The highest BCUT2D eigenvalue weighted by Crippen LogP contribution is 2.32. The number of methoxy groups -OCH3 is 1. The maximum atomic E-state index is 12.1. The van der Waals surface area contributed by atoms with E-state index >= 15 is 0 Å². The number of carbonyl (C=O) groups excluding carboxylic acids is 1. The number of anilines is 1. The molecule has 7 nitrogen and oxygen atoms in total. The number of hydrogen-bond donors (Lipinski definition) is 2. The van der Waals surface area contributed by atoms with Gasteiger partial charge in [0, 0.05) is 28.9 Å². The van der Waals surface area contributed by atoms with Crippen molar-refractivity contribution in [1.82, 2.24) is 4.90 Å². The van der Waals surface area contributed by atoms with Crippen molar-refractivity contribution in [3.8, 4) is 0 Å². The van der Waals surface area contributed by atoms with Crippen molar-refractivity contribution in [3.63, 3.8) is 0 Å². The molecule has 1 heterocycles. The van der Waals surface area contributed by atoms with Crippen molar-refractivity contribution >= 4 is 33.4 Å². The summed E-state index contributed by atoms with van der Waals surface area (Å²) < 4.78 is 28.4. The Morgan fingerprint density at radius 2 is 1.88 bits per heavy atom. The maximum Gasteiger partial charge on any atom is 0.311 e. The van der Waals surface area contributed by atoms with E-state index in [9.17, 15) is 13.2 Å². The summed E-state index contributed by atoms with van der Waals surface area (Å²) >= 11 is 1.80. The Bertz CT molecular complexity index is 1070. The molecule has 0 saturated carbocycles. The molecule has 0 aliphatic carbocycles. The fourth-order valence-corrected chi connectivity index (χ4v) is 5.76. The second-order valence-electron chi connectivity index (χ2n) is 9.17. The number of sulfonamides is 1. The summed E-state index contributed by atoms with van der Waals surface area (Å²) in [6, 6.07) is 15.4. The van der Waals surface area contributed by atoms with Gasteiger partial charge in [-0.05, 0) is 82.1 Å². The summed E-state index contributed by atoms with van der Waals surface area (Å²) in [5, 5.41) is 8.90. The molecule has 1 fully saturated rings. The van der Waals surface area contributed by atoms with E-state index in [0.717, 1.165) is 55.9 Å². The number of primary sulfonamides is 1. The predicted octanol–water partition coefficient (Wildman–Crippen LogP) is 3.88. The van der Waals surface area contributed by atoms with Crippen LogP contribution in [0.25, 0.3) is 0 Å². The van der Waals surface area contributed by atoms with E-state index in [4.69, 9.17) is 9.88 Å². The van der Waals surface area contributed by atoms with Crippen LogP contribution in [-0.2, 0) is 19.6 Å². The fourth-order valence-electron chi connectivity index (χ4n) is 4.16. The highest BCUT2D eigenvalue weighted by Gasteiger charge is 2.37. The zero-order chi connectivity index (χ0) is 24.8. The first kappa shape index (κ1) is 26.5. The summed E-state index contributed by atoms with van der Waals surface area (Å²) in [5.41, 5.74) is 1.35. The van der Waals surface area contributed by atoms with Gasteiger partial charge in [0.1, 0.15) is 0 Å². The van der Waals surface area contributed by atoms with Crippen LogP contribution in [0.15, 0.2) is 58.3 Å². The molecular formula is C25H35N3O4S2. The molecule has 0 amide bonds. The van der Waals surface area contributed by atoms with Gasteiger partial charge in [0.05, 0.1) is 17.4 Å². The van der Waals surface area contributed by atoms with Crippen molar-refractivity contribution in [2.24, 2.45) is 10.6 Å². The minimum absolute atomic E-state index is 0.118. The molecule has 3 rings (SSSR count). The van der Waals surface area contributed by atoms with E-state index in [-0.39, 0.29) is 16.9 Å². The number of ether oxygens (including phenoxy) is 1. The Labute approximate surface area is 207 Å². The number of aryl methyl sites for hydroxylation is 1. The third-order valence-corrected chi connectivity index (χ3v) is 8.60. The number of likely N-dealkylation sites (tertiary alicyclic amines) is 1. The van der Waals surface area contributed by atoms with Crippen LogP contribution in [0, 0.1) is 12.3 Å². The normalized spacial score (nSPS) is 17.2. The zero-order valence-corrected chi connectivity index (χ0v) is 21.8. The van der Waals surface area contributed by atoms with Crippen LogP contribution >= 0.6 is 11.8 Å². The van der Waals surface area contributed by atoms with E-state index in [0.29, 0.717) is 0 Å².